The van der Waals surface area contributed by atoms with Crippen molar-refractivity contribution < 1.29 is 13.2 Å². The molecule has 0 spiro atoms. The van der Waals surface area contributed by atoms with Crippen molar-refractivity contribution in [3.05, 3.63) is 54.1 Å². The number of likely N-dealkylation sites (N-methyl/N-ethyl adjacent to an activating group) is 1. The molecule has 3 aromatic rings. The van der Waals surface area contributed by atoms with Crippen LogP contribution in [0.2, 0.25) is 0 Å². The highest BCUT2D eigenvalue weighted by atomic mass is 32.2. The van der Waals surface area contributed by atoms with Crippen LogP contribution in [0.5, 0.6) is 0 Å². The van der Waals surface area contributed by atoms with Crippen molar-refractivity contribution in [2.75, 3.05) is 36.8 Å². The molecule has 6 nitrogen and oxygen atoms in total. The molecular formula is C25H33N3O3S2. The number of fused-ring (bicyclic) bond motifs is 1. The second kappa shape index (κ2) is 11.7. The van der Waals surface area contributed by atoms with Gasteiger partial charge in [0.05, 0.1) is 20.9 Å². The number of carbonyl (C=O) groups excluding carboxylic acids is 1. The Labute approximate surface area is 201 Å². The van der Waals surface area contributed by atoms with E-state index in [0.29, 0.717) is 16.6 Å². The lowest BCUT2D eigenvalue weighted by atomic mass is 10.2. The number of thiazole rings is 1. The van der Waals surface area contributed by atoms with Crippen LogP contribution in [-0.4, -0.2) is 56.1 Å². The Kier molecular flexibility index (Phi) is 9.00. The predicted molar refractivity (Wildman–Crippen MR) is 137 cm³/mol. The van der Waals surface area contributed by atoms with E-state index in [1.165, 1.54) is 16.9 Å². The molecule has 0 aliphatic carbocycles. The van der Waals surface area contributed by atoms with Gasteiger partial charge in [0.25, 0.3) is 0 Å². The quantitative estimate of drug-likeness (QED) is 0.367. The Morgan fingerprint density at radius 2 is 1.73 bits per heavy atom. The maximum atomic E-state index is 13.2. The first-order chi connectivity index (χ1) is 15.9. The highest BCUT2D eigenvalue weighted by Crippen LogP contribution is 2.30. The topological polar surface area (TPSA) is 70.6 Å². The summed E-state index contributed by atoms with van der Waals surface area (Å²) in [6.45, 7) is 9.43. The highest BCUT2D eigenvalue weighted by Gasteiger charge is 2.22. The number of carbonyl (C=O) groups is 1. The van der Waals surface area contributed by atoms with Crippen LogP contribution in [0.25, 0.3) is 10.2 Å². The molecule has 1 heterocycles. The summed E-state index contributed by atoms with van der Waals surface area (Å²) in [5, 5.41) is 0.682. The van der Waals surface area contributed by atoms with Crippen LogP contribution < -0.4 is 4.90 Å². The van der Waals surface area contributed by atoms with Gasteiger partial charge in [-0.25, -0.2) is 13.4 Å². The van der Waals surface area contributed by atoms with Gasteiger partial charge in [-0.05, 0) is 55.8 Å². The molecule has 0 unspecified atom stereocenters. The molecule has 0 radical (unpaired) electrons. The van der Waals surface area contributed by atoms with Crippen LogP contribution >= 0.6 is 11.3 Å². The molecule has 8 heteroatoms. The van der Waals surface area contributed by atoms with Gasteiger partial charge in [-0.15, -0.1) is 0 Å². The van der Waals surface area contributed by atoms with Crippen molar-refractivity contribution in [1.82, 2.24) is 9.88 Å². The Bertz CT molecular complexity index is 1160. The van der Waals surface area contributed by atoms with E-state index in [4.69, 9.17) is 4.98 Å². The summed E-state index contributed by atoms with van der Waals surface area (Å²) in [7, 11) is -3.40. The largest absolute Gasteiger partial charge is 0.302 e. The van der Waals surface area contributed by atoms with Gasteiger partial charge in [-0.1, -0.05) is 56.4 Å². The van der Waals surface area contributed by atoms with E-state index in [2.05, 4.69) is 37.8 Å². The molecular weight excluding hydrogens is 454 g/mol. The summed E-state index contributed by atoms with van der Waals surface area (Å²) in [5.41, 5.74) is 2.13. The Balaban J connectivity index is 1.75. The average Bonchev–Trinajstić information content (AvgIpc) is 3.25. The Hall–Kier alpha value is -2.29. The van der Waals surface area contributed by atoms with Crippen molar-refractivity contribution in [2.45, 2.75) is 44.9 Å². The van der Waals surface area contributed by atoms with Gasteiger partial charge < -0.3 is 4.90 Å². The highest BCUT2D eigenvalue weighted by molar-refractivity contribution is 7.91. The zero-order valence-corrected chi connectivity index (χ0v) is 21.3. The van der Waals surface area contributed by atoms with Gasteiger partial charge in [0.15, 0.2) is 15.0 Å². The third kappa shape index (κ3) is 6.62. The zero-order valence-electron chi connectivity index (χ0n) is 19.7. The summed E-state index contributed by atoms with van der Waals surface area (Å²) >= 11 is 1.52. The van der Waals surface area contributed by atoms with E-state index < -0.39 is 9.84 Å². The summed E-state index contributed by atoms with van der Waals surface area (Å²) in [5.74, 6) is -0.132. The number of aromatic nitrogens is 1. The van der Waals surface area contributed by atoms with Gasteiger partial charge >= 0.3 is 0 Å². The van der Waals surface area contributed by atoms with Crippen LogP contribution in [0.3, 0.4) is 0 Å². The van der Waals surface area contributed by atoms with Gasteiger partial charge in [-0.3, -0.25) is 9.69 Å². The van der Waals surface area contributed by atoms with Crippen LogP contribution in [0.15, 0.2) is 53.4 Å². The minimum absolute atomic E-state index is 0.0493. The molecule has 1 amide bonds. The maximum absolute atomic E-state index is 13.2. The smallest absolute Gasteiger partial charge is 0.228 e. The monoisotopic (exact) mass is 487 g/mol. The maximum Gasteiger partial charge on any atom is 0.228 e. The van der Waals surface area contributed by atoms with Crippen molar-refractivity contribution in [3.63, 3.8) is 0 Å². The molecule has 0 bridgehead atoms. The van der Waals surface area contributed by atoms with Gasteiger partial charge in [0, 0.05) is 19.5 Å². The Morgan fingerprint density at radius 1 is 1.00 bits per heavy atom. The van der Waals surface area contributed by atoms with Gasteiger partial charge in [-0.2, -0.15) is 0 Å². The predicted octanol–water partition coefficient (Wildman–Crippen LogP) is 4.79. The molecule has 0 saturated carbocycles. The van der Waals surface area contributed by atoms with Crippen molar-refractivity contribution >= 4 is 42.4 Å². The van der Waals surface area contributed by atoms with Crippen LogP contribution in [-0.2, 0) is 21.1 Å². The van der Waals surface area contributed by atoms with Crippen LogP contribution in [0.4, 0.5) is 5.13 Å². The first-order valence-electron chi connectivity index (χ1n) is 11.6. The van der Waals surface area contributed by atoms with Crippen LogP contribution in [0, 0.1) is 0 Å². The van der Waals surface area contributed by atoms with E-state index in [0.717, 1.165) is 36.3 Å². The number of nitrogens with zero attached hydrogens (tertiary/aromatic N) is 3. The normalized spacial score (nSPS) is 11.9. The minimum Gasteiger partial charge on any atom is -0.302 e. The molecule has 1 aromatic heterocycles. The molecule has 3 rings (SSSR count). The summed E-state index contributed by atoms with van der Waals surface area (Å²) in [6.07, 6.45) is 1.40. The number of sulfone groups is 1. The molecule has 0 aliphatic heterocycles. The molecule has 0 atom stereocenters. The summed E-state index contributed by atoms with van der Waals surface area (Å²) in [6, 6.07) is 14.6. The lowest BCUT2D eigenvalue weighted by Crippen LogP contribution is -2.38. The fourth-order valence-electron chi connectivity index (χ4n) is 3.69. The van der Waals surface area contributed by atoms with E-state index in [9.17, 15) is 13.2 Å². The fourth-order valence-corrected chi connectivity index (χ4v) is 6.10. The molecule has 0 saturated heterocycles. The SMILES string of the molecule is CCc1ccc2nc(N(CCN(CC)CC)C(=O)CCCS(=O)(=O)c3ccccc3)sc2c1. The Morgan fingerprint density at radius 3 is 2.39 bits per heavy atom. The standard InChI is InChI=1S/C25H33N3O3S2/c1-4-20-14-15-22-23(19-20)32-25(26-22)28(17-16-27(5-2)6-3)24(29)13-10-18-33(30,31)21-11-8-7-9-12-21/h7-9,11-12,14-15,19H,4-6,10,13,16-18H2,1-3H3. The number of hydrogen-bond donors (Lipinski definition) is 0. The molecule has 178 valence electrons. The summed E-state index contributed by atoms with van der Waals surface area (Å²) < 4.78 is 26.2. The van der Waals surface area contributed by atoms with Gasteiger partial charge in [0.1, 0.15) is 0 Å². The number of benzene rings is 2. The lowest BCUT2D eigenvalue weighted by molar-refractivity contribution is -0.118. The molecule has 33 heavy (non-hydrogen) atoms. The lowest BCUT2D eigenvalue weighted by Gasteiger charge is -2.24. The fraction of sp³-hybridized carbons (Fsp3) is 0.440. The third-order valence-electron chi connectivity index (χ3n) is 5.82. The zero-order chi connectivity index (χ0) is 23.8. The number of aryl methyl sites for hydroxylation is 1. The molecule has 2 aromatic carbocycles. The van der Waals surface area contributed by atoms with E-state index in [-0.39, 0.29) is 24.5 Å². The number of amides is 1. The number of anilines is 1. The number of rotatable bonds is 12. The second-order valence-corrected chi connectivity index (χ2v) is 11.1. The van der Waals surface area contributed by atoms with Gasteiger partial charge in [0.2, 0.25) is 5.91 Å². The molecule has 0 fully saturated rings. The second-order valence-electron chi connectivity index (χ2n) is 7.96. The number of hydrogen-bond acceptors (Lipinski definition) is 6. The third-order valence-corrected chi connectivity index (χ3v) is 8.68. The average molecular weight is 488 g/mol. The molecule has 0 aliphatic rings. The summed E-state index contributed by atoms with van der Waals surface area (Å²) in [4.78, 5) is 22.3. The van der Waals surface area contributed by atoms with Crippen molar-refractivity contribution in [2.24, 2.45) is 0 Å². The van der Waals surface area contributed by atoms with E-state index in [1.807, 2.05) is 6.07 Å². The van der Waals surface area contributed by atoms with E-state index in [1.54, 1.807) is 35.2 Å². The van der Waals surface area contributed by atoms with Crippen molar-refractivity contribution in [3.8, 4) is 0 Å². The van der Waals surface area contributed by atoms with E-state index >= 15 is 0 Å². The van der Waals surface area contributed by atoms with Crippen LogP contribution in [0.1, 0.15) is 39.2 Å². The van der Waals surface area contributed by atoms with Crippen molar-refractivity contribution in [1.29, 1.82) is 0 Å². The first-order valence-corrected chi connectivity index (χ1v) is 14.0. The molecule has 0 N–H and O–H groups in total. The first kappa shape index (κ1) is 25.3. The minimum atomic E-state index is -3.40.